The number of ether oxygens (including phenoxy) is 1. The Hall–Kier alpha value is -3.10. The van der Waals surface area contributed by atoms with Gasteiger partial charge in [-0.05, 0) is 42.7 Å². The van der Waals surface area contributed by atoms with Crippen molar-refractivity contribution < 1.29 is 24.2 Å². The standard InChI is InChI=1S/C29H32N2O5S/c1-4-14-30(21-11-10-19-8-6-7-9-20(19)18-21)26(34)24-29-13-12-28(3,37-29)23(27(35)36-17-5-2)22(29)25(33)31(24)15-16-32/h4-11,18,22-24,32H,1-2,12-17H2,3H3/t22-,23+,24?,28-,29?/m0/s1. The van der Waals surface area contributed by atoms with Gasteiger partial charge in [-0.1, -0.05) is 49.1 Å². The Morgan fingerprint density at radius 2 is 1.95 bits per heavy atom. The summed E-state index contributed by atoms with van der Waals surface area (Å²) in [6, 6.07) is 13.0. The largest absolute Gasteiger partial charge is 0.461 e. The molecule has 37 heavy (non-hydrogen) atoms. The number of anilines is 1. The number of hydrogen-bond donors (Lipinski definition) is 1. The van der Waals surface area contributed by atoms with Gasteiger partial charge in [-0.15, -0.1) is 18.3 Å². The lowest BCUT2D eigenvalue weighted by atomic mass is 9.66. The van der Waals surface area contributed by atoms with Crippen LogP contribution in [0.5, 0.6) is 0 Å². The average molecular weight is 521 g/mol. The van der Waals surface area contributed by atoms with E-state index in [0.29, 0.717) is 18.5 Å². The zero-order chi connectivity index (χ0) is 26.4. The molecule has 3 aliphatic heterocycles. The third-order valence-electron chi connectivity index (χ3n) is 8.07. The highest BCUT2D eigenvalue weighted by molar-refractivity contribution is 8.02. The van der Waals surface area contributed by atoms with E-state index >= 15 is 0 Å². The Morgan fingerprint density at radius 3 is 2.65 bits per heavy atom. The molecule has 0 radical (unpaired) electrons. The third kappa shape index (κ3) is 3.89. The zero-order valence-corrected chi connectivity index (χ0v) is 21.8. The molecule has 2 aromatic carbocycles. The van der Waals surface area contributed by atoms with Crippen molar-refractivity contribution in [2.75, 3.05) is 31.2 Å². The first kappa shape index (κ1) is 25.5. The molecule has 1 N–H and O–H groups in total. The van der Waals surface area contributed by atoms with Gasteiger partial charge in [0.15, 0.2) is 0 Å². The predicted octanol–water partition coefficient (Wildman–Crippen LogP) is 3.56. The predicted molar refractivity (Wildman–Crippen MR) is 145 cm³/mol. The van der Waals surface area contributed by atoms with Crippen LogP contribution in [0.3, 0.4) is 0 Å². The first-order valence-electron chi connectivity index (χ1n) is 12.6. The van der Waals surface area contributed by atoms with E-state index in [1.165, 1.54) is 11.0 Å². The fourth-order valence-electron chi connectivity index (χ4n) is 6.59. The molecule has 3 saturated heterocycles. The van der Waals surface area contributed by atoms with Gasteiger partial charge < -0.3 is 19.6 Å². The van der Waals surface area contributed by atoms with Crippen molar-refractivity contribution in [2.45, 2.75) is 35.3 Å². The molecule has 0 saturated carbocycles. The van der Waals surface area contributed by atoms with Gasteiger partial charge in [-0.2, -0.15) is 0 Å². The zero-order valence-electron chi connectivity index (χ0n) is 21.0. The summed E-state index contributed by atoms with van der Waals surface area (Å²) in [5.41, 5.74) is 0.713. The van der Waals surface area contributed by atoms with Crippen LogP contribution in [0.1, 0.15) is 19.8 Å². The van der Waals surface area contributed by atoms with Crippen molar-refractivity contribution in [1.82, 2.24) is 4.90 Å². The van der Waals surface area contributed by atoms with E-state index < -0.39 is 33.3 Å². The van der Waals surface area contributed by atoms with Gasteiger partial charge in [0.05, 0.1) is 23.2 Å². The summed E-state index contributed by atoms with van der Waals surface area (Å²) in [6.45, 7) is 9.57. The molecular weight excluding hydrogens is 488 g/mol. The molecule has 5 rings (SSSR count). The molecule has 3 heterocycles. The number of likely N-dealkylation sites (tertiary alicyclic amines) is 1. The molecule has 0 aliphatic carbocycles. The number of benzene rings is 2. The highest BCUT2D eigenvalue weighted by Crippen LogP contribution is 2.71. The topological polar surface area (TPSA) is 87.1 Å². The second-order valence-corrected chi connectivity index (χ2v) is 12.1. The molecule has 8 heteroatoms. The summed E-state index contributed by atoms with van der Waals surface area (Å²) in [5, 5.41) is 11.9. The Kier molecular flexibility index (Phi) is 6.66. The fourth-order valence-corrected chi connectivity index (χ4v) is 8.93. The number of amides is 2. The average Bonchev–Trinajstić information content (AvgIpc) is 3.46. The number of aliphatic hydroxyl groups is 1. The van der Waals surface area contributed by atoms with Gasteiger partial charge >= 0.3 is 5.97 Å². The van der Waals surface area contributed by atoms with E-state index in [-0.39, 0.29) is 38.1 Å². The fraction of sp³-hybridized carbons (Fsp3) is 0.414. The van der Waals surface area contributed by atoms with Gasteiger partial charge in [0, 0.05) is 23.5 Å². The number of rotatable bonds is 9. The lowest BCUT2D eigenvalue weighted by Gasteiger charge is -2.37. The molecule has 1 spiro atoms. The van der Waals surface area contributed by atoms with Crippen LogP contribution >= 0.6 is 11.8 Å². The lowest BCUT2D eigenvalue weighted by molar-refractivity contribution is -0.154. The van der Waals surface area contributed by atoms with Gasteiger partial charge in [-0.3, -0.25) is 14.4 Å². The number of carbonyl (C=O) groups is 3. The van der Waals surface area contributed by atoms with Gasteiger partial charge in [0.1, 0.15) is 12.6 Å². The number of carbonyl (C=O) groups excluding carboxylic acids is 3. The first-order valence-corrected chi connectivity index (χ1v) is 13.4. The molecule has 2 bridgehead atoms. The summed E-state index contributed by atoms with van der Waals surface area (Å²) in [7, 11) is 0. The normalized spacial score (nSPS) is 29.8. The van der Waals surface area contributed by atoms with Crippen molar-refractivity contribution in [1.29, 1.82) is 0 Å². The molecule has 3 aliphatic rings. The van der Waals surface area contributed by atoms with Crippen LogP contribution in [-0.2, 0) is 19.1 Å². The Labute approximate surface area is 221 Å². The quantitative estimate of drug-likeness (QED) is 0.402. The number of nitrogens with zero attached hydrogens (tertiary/aromatic N) is 2. The van der Waals surface area contributed by atoms with E-state index in [9.17, 15) is 19.5 Å². The summed E-state index contributed by atoms with van der Waals surface area (Å²) in [6.07, 6.45) is 4.51. The minimum absolute atomic E-state index is 0.0266. The van der Waals surface area contributed by atoms with Crippen molar-refractivity contribution in [3.8, 4) is 0 Å². The minimum Gasteiger partial charge on any atom is -0.461 e. The smallest absolute Gasteiger partial charge is 0.311 e. The van der Waals surface area contributed by atoms with E-state index in [0.717, 1.165) is 10.8 Å². The van der Waals surface area contributed by atoms with Crippen LogP contribution in [-0.4, -0.2) is 69.6 Å². The van der Waals surface area contributed by atoms with Crippen LogP contribution in [0.2, 0.25) is 0 Å². The summed E-state index contributed by atoms with van der Waals surface area (Å²) < 4.78 is 4.16. The van der Waals surface area contributed by atoms with Gasteiger partial charge in [-0.25, -0.2) is 0 Å². The molecule has 5 atom stereocenters. The van der Waals surface area contributed by atoms with Crippen molar-refractivity contribution >= 4 is 46.0 Å². The number of hydrogen-bond acceptors (Lipinski definition) is 6. The number of β-amino-alcohol motifs (C(OH)–C–C–N with tert-alkyl or cyclic N) is 1. The van der Waals surface area contributed by atoms with Crippen LogP contribution < -0.4 is 4.90 Å². The highest BCUT2D eigenvalue weighted by Gasteiger charge is 2.77. The van der Waals surface area contributed by atoms with Gasteiger partial charge in [0.2, 0.25) is 5.91 Å². The summed E-state index contributed by atoms with van der Waals surface area (Å²) >= 11 is 1.58. The molecule has 7 nitrogen and oxygen atoms in total. The lowest BCUT2D eigenvalue weighted by Crippen LogP contribution is -2.55. The Balaban J connectivity index is 1.57. The van der Waals surface area contributed by atoms with E-state index in [1.807, 2.05) is 49.4 Å². The first-order chi connectivity index (χ1) is 17.8. The SMILES string of the molecule is C=CCOC(=O)[C@H]1[C@H]2C(=O)N(CCO)C(C(=O)N(CC=C)c3ccc4ccccc4c3)C23CC[C@]1(C)S3. The maximum absolute atomic E-state index is 14.4. The monoisotopic (exact) mass is 520 g/mol. The van der Waals surface area contributed by atoms with Crippen LogP contribution in [0.15, 0.2) is 67.8 Å². The molecule has 2 unspecified atom stereocenters. The van der Waals surface area contributed by atoms with E-state index in [4.69, 9.17) is 4.74 Å². The summed E-state index contributed by atoms with van der Waals surface area (Å²) in [5.74, 6) is -2.26. The Bertz CT molecular complexity index is 1280. The van der Waals surface area contributed by atoms with Crippen molar-refractivity contribution in [3.63, 3.8) is 0 Å². The summed E-state index contributed by atoms with van der Waals surface area (Å²) in [4.78, 5) is 44.7. The molecule has 0 aromatic heterocycles. The maximum Gasteiger partial charge on any atom is 0.311 e. The van der Waals surface area contributed by atoms with Crippen LogP contribution in [0.25, 0.3) is 10.8 Å². The molecular formula is C29H32N2O5S. The molecule has 2 aromatic rings. The maximum atomic E-state index is 14.4. The Morgan fingerprint density at radius 1 is 1.19 bits per heavy atom. The van der Waals surface area contributed by atoms with Gasteiger partial charge in [0.25, 0.3) is 5.91 Å². The molecule has 3 fully saturated rings. The van der Waals surface area contributed by atoms with E-state index in [2.05, 4.69) is 13.2 Å². The van der Waals surface area contributed by atoms with E-state index in [1.54, 1.807) is 22.7 Å². The number of fused-ring (bicyclic) bond motifs is 2. The highest BCUT2D eigenvalue weighted by atomic mass is 32.2. The minimum atomic E-state index is -0.812. The molecule has 2 amide bonds. The van der Waals surface area contributed by atoms with Crippen LogP contribution in [0.4, 0.5) is 5.69 Å². The second-order valence-electron chi connectivity index (χ2n) is 10.2. The van der Waals surface area contributed by atoms with Crippen molar-refractivity contribution in [2.24, 2.45) is 11.8 Å². The number of esters is 1. The molecule has 194 valence electrons. The number of aliphatic hydroxyl groups excluding tert-OH is 1. The van der Waals surface area contributed by atoms with Crippen molar-refractivity contribution in [3.05, 3.63) is 67.8 Å². The second kappa shape index (κ2) is 9.65. The van der Waals surface area contributed by atoms with Crippen LogP contribution in [0, 0.1) is 11.8 Å². The third-order valence-corrected chi connectivity index (χ3v) is 10.1. The number of thioether (sulfide) groups is 1.